The van der Waals surface area contributed by atoms with Crippen LogP contribution in [-0.2, 0) is 4.79 Å². The lowest BCUT2D eigenvalue weighted by atomic mass is 9.77. The number of ketones is 1. The van der Waals surface area contributed by atoms with Crippen molar-refractivity contribution in [3.05, 3.63) is 0 Å². The molecule has 2 saturated heterocycles. The minimum Gasteiger partial charge on any atom is -0.299 e. The standard InChI is InChI=1S/C10H15NO/c12-9-2-1-7-3-5-11-6-4-8(9)10(7)11/h7-8,10H,1-6H2/t7-,8-,10+/m1/s1. The van der Waals surface area contributed by atoms with Crippen molar-refractivity contribution >= 4 is 5.78 Å². The van der Waals surface area contributed by atoms with Gasteiger partial charge in [0.1, 0.15) is 5.78 Å². The van der Waals surface area contributed by atoms with Crippen LogP contribution in [0, 0.1) is 11.8 Å². The second kappa shape index (κ2) is 2.32. The van der Waals surface area contributed by atoms with Gasteiger partial charge in [-0.05, 0) is 38.3 Å². The Bertz CT molecular complexity index is 226. The molecule has 0 amide bonds. The largest absolute Gasteiger partial charge is 0.299 e. The summed E-state index contributed by atoms with van der Waals surface area (Å²) in [5.41, 5.74) is 0. The van der Waals surface area contributed by atoms with Gasteiger partial charge in [-0.25, -0.2) is 0 Å². The van der Waals surface area contributed by atoms with Gasteiger partial charge < -0.3 is 0 Å². The first-order valence-electron chi connectivity index (χ1n) is 5.13. The molecule has 3 rings (SSSR count). The molecule has 1 saturated carbocycles. The number of nitrogens with zero attached hydrogens (tertiary/aromatic N) is 1. The van der Waals surface area contributed by atoms with Crippen LogP contribution in [0.3, 0.4) is 0 Å². The molecule has 1 aliphatic carbocycles. The van der Waals surface area contributed by atoms with Gasteiger partial charge in [0.25, 0.3) is 0 Å². The highest BCUT2D eigenvalue weighted by molar-refractivity contribution is 5.83. The van der Waals surface area contributed by atoms with E-state index < -0.39 is 0 Å². The zero-order valence-electron chi connectivity index (χ0n) is 7.33. The monoisotopic (exact) mass is 165 g/mol. The summed E-state index contributed by atoms with van der Waals surface area (Å²) in [7, 11) is 0. The SMILES string of the molecule is O=C1CC[C@@H]2CCN3CC[C@H]1[C@H]23. The van der Waals surface area contributed by atoms with Gasteiger partial charge in [-0.3, -0.25) is 9.69 Å². The minimum atomic E-state index is 0.436. The van der Waals surface area contributed by atoms with E-state index in [-0.39, 0.29) is 0 Å². The molecular weight excluding hydrogens is 150 g/mol. The highest BCUT2D eigenvalue weighted by Gasteiger charge is 2.48. The highest BCUT2D eigenvalue weighted by atomic mass is 16.1. The summed E-state index contributed by atoms with van der Waals surface area (Å²) in [6, 6.07) is 0.672. The molecule has 3 aliphatic rings. The molecule has 0 aromatic heterocycles. The third-order valence-corrected chi connectivity index (χ3v) is 4.01. The van der Waals surface area contributed by atoms with Crippen molar-refractivity contribution < 1.29 is 4.79 Å². The van der Waals surface area contributed by atoms with Crippen molar-refractivity contribution in [1.82, 2.24) is 4.90 Å². The molecule has 0 aromatic carbocycles. The molecule has 0 unspecified atom stereocenters. The second-order valence-corrected chi connectivity index (χ2v) is 4.48. The van der Waals surface area contributed by atoms with Crippen LogP contribution in [0.4, 0.5) is 0 Å². The lowest BCUT2D eigenvalue weighted by Gasteiger charge is -2.30. The summed E-state index contributed by atoms with van der Waals surface area (Å²) in [6.45, 7) is 2.46. The van der Waals surface area contributed by atoms with E-state index >= 15 is 0 Å². The van der Waals surface area contributed by atoms with Crippen molar-refractivity contribution in [3.63, 3.8) is 0 Å². The first-order chi connectivity index (χ1) is 5.86. The van der Waals surface area contributed by atoms with Gasteiger partial charge in [0.2, 0.25) is 0 Å². The van der Waals surface area contributed by atoms with Crippen molar-refractivity contribution in [2.24, 2.45) is 11.8 Å². The van der Waals surface area contributed by atoms with Gasteiger partial charge in [0, 0.05) is 18.4 Å². The molecule has 0 bridgehead atoms. The fourth-order valence-electron chi connectivity index (χ4n) is 3.45. The Morgan fingerprint density at radius 3 is 2.92 bits per heavy atom. The van der Waals surface area contributed by atoms with Crippen LogP contribution in [0.1, 0.15) is 25.7 Å². The molecule has 3 fully saturated rings. The summed E-state index contributed by atoms with van der Waals surface area (Å²) >= 11 is 0. The van der Waals surface area contributed by atoms with E-state index in [1.165, 1.54) is 25.9 Å². The average Bonchev–Trinajstić information content (AvgIpc) is 2.61. The van der Waals surface area contributed by atoms with Crippen LogP contribution in [-0.4, -0.2) is 29.8 Å². The van der Waals surface area contributed by atoms with Gasteiger partial charge in [-0.1, -0.05) is 0 Å². The average molecular weight is 165 g/mol. The number of carbonyl (C=O) groups is 1. The second-order valence-electron chi connectivity index (χ2n) is 4.48. The van der Waals surface area contributed by atoms with Gasteiger partial charge in [0.05, 0.1) is 0 Å². The quantitative estimate of drug-likeness (QED) is 0.535. The first-order valence-corrected chi connectivity index (χ1v) is 5.13. The normalized spacial score (nSPS) is 46.7. The molecule has 0 N–H and O–H groups in total. The van der Waals surface area contributed by atoms with E-state index in [1.54, 1.807) is 0 Å². The topological polar surface area (TPSA) is 20.3 Å². The molecule has 2 nitrogen and oxygen atoms in total. The van der Waals surface area contributed by atoms with E-state index in [0.29, 0.717) is 17.7 Å². The molecule has 0 spiro atoms. The van der Waals surface area contributed by atoms with Gasteiger partial charge in [-0.15, -0.1) is 0 Å². The van der Waals surface area contributed by atoms with Crippen LogP contribution in [0.15, 0.2) is 0 Å². The number of Topliss-reactive ketones (excluding diaryl/α,β-unsaturated/α-hetero) is 1. The molecule has 66 valence electrons. The number of hydrogen-bond acceptors (Lipinski definition) is 2. The number of carbonyl (C=O) groups excluding carboxylic acids is 1. The Morgan fingerprint density at radius 2 is 2.00 bits per heavy atom. The van der Waals surface area contributed by atoms with Crippen LogP contribution in [0.25, 0.3) is 0 Å². The van der Waals surface area contributed by atoms with E-state index in [4.69, 9.17) is 0 Å². The fourth-order valence-corrected chi connectivity index (χ4v) is 3.45. The maximum Gasteiger partial charge on any atom is 0.137 e. The van der Waals surface area contributed by atoms with Crippen molar-refractivity contribution in [1.29, 1.82) is 0 Å². The summed E-state index contributed by atoms with van der Waals surface area (Å²) in [6.07, 6.45) is 4.56. The van der Waals surface area contributed by atoms with Gasteiger partial charge in [-0.2, -0.15) is 0 Å². The number of hydrogen-bond donors (Lipinski definition) is 0. The Labute approximate surface area is 72.9 Å². The van der Waals surface area contributed by atoms with Gasteiger partial charge >= 0.3 is 0 Å². The molecule has 3 atom stereocenters. The Hall–Kier alpha value is -0.370. The predicted octanol–water partition coefficient (Wildman–Crippen LogP) is 1.06. The molecule has 2 aliphatic heterocycles. The maximum absolute atomic E-state index is 11.6. The van der Waals surface area contributed by atoms with E-state index in [1.807, 2.05) is 0 Å². The lowest BCUT2D eigenvalue weighted by Crippen LogP contribution is -2.38. The maximum atomic E-state index is 11.6. The molecule has 0 radical (unpaired) electrons. The Morgan fingerprint density at radius 1 is 1.17 bits per heavy atom. The number of rotatable bonds is 0. The van der Waals surface area contributed by atoms with Crippen molar-refractivity contribution in [3.8, 4) is 0 Å². The molecule has 12 heavy (non-hydrogen) atoms. The van der Waals surface area contributed by atoms with Crippen molar-refractivity contribution in [2.45, 2.75) is 31.7 Å². The summed E-state index contributed by atoms with van der Waals surface area (Å²) < 4.78 is 0. The van der Waals surface area contributed by atoms with E-state index in [0.717, 1.165) is 18.8 Å². The van der Waals surface area contributed by atoms with Crippen LogP contribution < -0.4 is 0 Å². The molecule has 0 aromatic rings. The fraction of sp³-hybridized carbons (Fsp3) is 0.900. The van der Waals surface area contributed by atoms with Crippen LogP contribution in [0.2, 0.25) is 0 Å². The van der Waals surface area contributed by atoms with E-state index in [2.05, 4.69) is 4.90 Å². The molecule has 2 heterocycles. The predicted molar refractivity (Wildman–Crippen MR) is 45.8 cm³/mol. The van der Waals surface area contributed by atoms with Crippen LogP contribution >= 0.6 is 0 Å². The Balaban J connectivity index is 1.93. The smallest absolute Gasteiger partial charge is 0.137 e. The van der Waals surface area contributed by atoms with Crippen LogP contribution in [0.5, 0.6) is 0 Å². The zero-order chi connectivity index (χ0) is 8.13. The third-order valence-electron chi connectivity index (χ3n) is 4.01. The summed E-state index contributed by atoms with van der Waals surface area (Å²) in [5.74, 6) is 1.86. The van der Waals surface area contributed by atoms with Gasteiger partial charge in [0.15, 0.2) is 0 Å². The van der Waals surface area contributed by atoms with E-state index in [9.17, 15) is 4.79 Å². The lowest BCUT2D eigenvalue weighted by molar-refractivity contribution is -0.126. The summed E-state index contributed by atoms with van der Waals surface area (Å²) in [5, 5.41) is 0. The minimum absolute atomic E-state index is 0.436. The third kappa shape index (κ3) is 0.764. The first kappa shape index (κ1) is 7.07. The Kier molecular flexibility index (Phi) is 1.37. The van der Waals surface area contributed by atoms with Crippen molar-refractivity contribution in [2.75, 3.05) is 13.1 Å². The summed E-state index contributed by atoms with van der Waals surface area (Å²) in [4.78, 5) is 14.1. The molecule has 2 heteroatoms. The zero-order valence-corrected chi connectivity index (χ0v) is 7.33. The highest BCUT2D eigenvalue weighted by Crippen LogP contribution is 2.43. The molecular formula is C10H15NO.